The number of epoxide rings is 1. The molecule has 1 aliphatic heterocycles. The highest BCUT2D eigenvalue weighted by molar-refractivity contribution is 5.66. The number of hydrogen-bond acceptors (Lipinski definition) is 3. The quantitative estimate of drug-likeness (QED) is 0.428. The monoisotopic (exact) mass is 168 g/mol. The molecule has 3 heteroatoms. The van der Waals surface area contributed by atoms with Crippen LogP contribution in [-0.4, -0.2) is 24.3 Å². The third kappa shape index (κ3) is 0.774. The van der Waals surface area contributed by atoms with E-state index in [1.165, 1.54) is 13.3 Å². The van der Waals surface area contributed by atoms with Gasteiger partial charge in [0.15, 0.2) is 0 Å². The summed E-state index contributed by atoms with van der Waals surface area (Å²) >= 11 is 0. The van der Waals surface area contributed by atoms with Crippen LogP contribution in [0, 0.1) is 11.8 Å². The highest BCUT2D eigenvalue weighted by Crippen LogP contribution is 2.57. The molecule has 0 radical (unpaired) electrons. The SMILES string of the molecule is CC(=O)O[C@@H]1C[C@H]2C[C@H]1[C@H]1O[C@@H]21. The number of fused-ring (bicyclic) bond motifs is 5. The number of carbonyl (C=O) groups is 1. The molecule has 66 valence electrons. The fourth-order valence-corrected chi connectivity index (χ4v) is 2.89. The zero-order valence-electron chi connectivity index (χ0n) is 7.03. The number of esters is 1. The lowest BCUT2D eigenvalue weighted by Crippen LogP contribution is -2.27. The standard InChI is InChI=1S/C9H12O3/c1-4(10)11-7-3-5-2-6(7)9-8(5)12-9/h5-9H,2-3H2,1H3/t5-,6-,7-,8+,9-/m1/s1. The van der Waals surface area contributed by atoms with Crippen LogP contribution in [0.3, 0.4) is 0 Å². The summed E-state index contributed by atoms with van der Waals surface area (Å²) in [7, 11) is 0. The minimum Gasteiger partial charge on any atom is -0.462 e. The molecule has 0 aromatic rings. The lowest BCUT2D eigenvalue weighted by Gasteiger charge is -2.18. The predicted molar refractivity (Wildman–Crippen MR) is 40.4 cm³/mol. The number of hydrogen-bond donors (Lipinski definition) is 0. The minimum absolute atomic E-state index is 0.148. The van der Waals surface area contributed by atoms with E-state index < -0.39 is 0 Å². The Morgan fingerprint density at radius 3 is 2.83 bits per heavy atom. The highest BCUT2D eigenvalue weighted by atomic mass is 16.6. The molecule has 3 rings (SSSR count). The van der Waals surface area contributed by atoms with Crippen LogP contribution in [0.5, 0.6) is 0 Å². The number of ether oxygens (including phenoxy) is 2. The van der Waals surface area contributed by atoms with E-state index in [4.69, 9.17) is 9.47 Å². The van der Waals surface area contributed by atoms with Gasteiger partial charge in [0.25, 0.3) is 0 Å². The van der Waals surface area contributed by atoms with Gasteiger partial charge in [-0.3, -0.25) is 4.79 Å². The van der Waals surface area contributed by atoms with Crippen molar-refractivity contribution in [3.05, 3.63) is 0 Å². The number of rotatable bonds is 1. The molecule has 0 amide bonds. The Morgan fingerprint density at radius 1 is 1.42 bits per heavy atom. The molecule has 5 atom stereocenters. The molecule has 3 aliphatic rings. The summed E-state index contributed by atoms with van der Waals surface area (Å²) in [5, 5.41) is 0. The van der Waals surface area contributed by atoms with Crippen molar-refractivity contribution in [1.82, 2.24) is 0 Å². The van der Waals surface area contributed by atoms with Crippen LogP contribution in [0.2, 0.25) is 0 Å². The average molecular weight is 168 g/mol. The van der Waals surface area contributed by atoms with E-state index in [0.29, 0.717) is 24.0 Å². The second kappa shape index (κ2) is 2.02. The number of carbonyl (C=O) groups excluding carboxylic acids is 1. The van der Waals surface area contributed by atoms with Gasteiger partial charge in [-0.15, -0.1) is 0 Å². The van der Waals surface area contributed by atoms with Gasteiger partial charge >= 0.3 is 5.97 Å². The van der Waals surface area contributed by atoms with E-state index in [-0.39, 0.29) is 12.1 Å². The van der Waals surface area contributed by atoms with E-state index in [9.17, 15) is 4.79 Å². The van der Waals surface area contributed by atoms with Gasteiger partial charge in [-0.25, -0.2) is 0 Å². The first-order chi connectivity index (χ1) is 5.75. The van der Waals surface area contributed by atoms with Gasteiger partial charge in [-0.05, 0) is 18.8 Å². The van der Waals surface area contributed by atoms with Crippen molar-refractivity contribution in [2.75, 3.05) is 0 Å². The molecule has 12 heavy (non-hydrogen) atoms. The molecular formula is C9H12O3. The van der Waals surface area contributed by atoms with Gasteiger partial charge < -0.3 is 9.47 Å². The molecule has 0 aromatic heterocycles. The molecule has 1 heterocycles. The van der Waals surface area contributed by atoms with Gasteiger partial charge in [-0.1, -0.05) is 0 Å². The molecule has 0 unspecified atom stereocenters. The van der Waals surface area contributed by atoms with Crippen LogP contribution < -0.4 is 0 Å². The smallest absolute Gasteiger partial charge is 0.302 e. The molecule has 2 bridgehead atoms. The summed E-state index contributed by atoms with van der Waals surface area (Å²) in [4.78, 5) is 10.7. The molecule has 2 saturated carbocycles. The maximum absolute atomic E-state index is 10.7. The Morgan fingerprint density at radius 2 is 2.25 bits per heavy atom. The summed E-state index contributed by atoms with van der Waals surface area (Å²) in [6.07, 6.45) is 3.38. The first-order valence-electron chi connectivity index (χ1n) is 4.58. The van der Waals surface area contributed by atoms with Crippen LogP contribution in [0.15, 0.2) is 0 Å². The van der Waals surface area contributed by atoms with Crippen LogP contribution >= 0.6 is 0 Å². The van der Waals surface area contributed by atoms with E-state index in [1.54, 1.807) is 0 Å². The molecular weight excluding hydrogens is 156 g/mol. The maximum Gasteiger partial charge on any atom is 0.302 e. The Kier molecular flexibility index (Phi) is 1.16. The second-order valence-corrected chi connectivity index (χ2v) is 4.11. The fraction of sp³-hybridized carbons (Fsp3) is 0.889. The Labute approximate surface area is 71.0 Å². The first kappa shape index (κ1) is 6.89. The van der Waals surface area contributed by atoms with Crippen molar-refractivity contribution in [1.29, 1.82) is 0 Å². The highest BCUT2D eigenvalue weighted by Gasteiger charge is 2.64. The third-order valence-electron chi connectivity index (χ3n) is 3.35. The zero-order chi connectivity index (χ0) is 8.29. The molecule has 0 aromatic carbocycles. The van der Waals surface area contributed by atoms with Crippen LogP contribution in [0.25, 0.3) is 0 Å². The normalized spacial score (nSPS) is 53.6. The third-order valence-corrected chi connectivity index (χ3v) is 3.35. The Bertz CT molecular complexity index is 238. The van der Waals surface area contributed by atoms with E-state index in [2.05, 4.69) is 0 Å². The molecule has 0 spiro atoms. The molecule has 3 nitrogen and oxygen atoms in total. The second-order valence-electron chi connectivity index (χ2n) is 4.11. The van der Waals surface area contributed by atoms with Gasteiger partial charge in [0.2, 0.25) is 0 Å². The van der Waals surface area contributed by atoms with Crippen molar-refractivity contribution >= 4 is 5.97 Å². The van der Waals surface area contributed by atoms with Crippen molar-refractivity contribution in [2.24, 2.45) is 11.8 Å². The summed E-state index contributed by atoms with van der Waals surface area (Å²) in [5.41, 5.74) is 0. The van der Waals surface area contributed by atoms with Gasteiger partial charge in [-0.2, -0.15) is 0 Å². The van der Waals surface area contributed by atoms with Gasteiger partial charge in [0.05, 0.1) is 12.2 Å². The van der Waals surface area contributed by atoms with Gasteiger partial charge in [0, 0.05) is 12.8 Å². The minimum atomic E-state index is -0.148. The van der Waals surface area contributed by atoms with Crippen molar-refractivity contribution < 1.29 is 14.3 Å². The largest absolute Gasteiger partial charge is 0.462 e. The Hall–Kier alpha value is -0.570. The molecule has 1 saturated heterocycles. The van der Waals surface area contributed by atoms with Crippen LogP contribution in [-0.2, 0) is 14.3 Å². The topological polar surface area (TPSA) is 38.8 Å². The van der Waals surface area contributed by atoms with E-state index >= 15 is 0 Å². The van der Waals surface area contributed by atoms with Crippen LogP contribution in [0.1, 0.15) is 19.8 Å². The summed E-state index contributed by atoms with van der Waals surface area (Å²) < 4.78 is 10.7. The lowest BCUT2D eigenvalue weighted by atomic mass is 9.98. The molecule has 2 aliphatic carbocycles. The maximum atomic E-state index is 10.7. The fourth-order valence-electron chi connectivity index (χ4n) is 2.89. The zero-order valence-corrected chi connectivity index (χ0v) is 7.03. The van der Waals surface area contributed by atoms with Gasteiger partial charge in [0.1, 0.15) is 6.10 Å². The van der Waals surface area contributed by atoms with Crippen LogP contribution in [0.4, 0.5) is 0 Å². The molecule has 3 fully saturated rings. The summed E-state index contributed by atoms with van der Waals surface area (Å²) in [6.45, 7) is 1.48. The van der Waals surface area contributed by atoms with Crippen molar-refractivity contribution in [3.8, 4) is 0 Å². The summed E-state index contributed by atoms with van der Waals surface area (Å²) in [5.74, 6) is 1.05. The summed E-state index contributed by atoms with van der Waals surface area (Å²) in [6, 6.07) is 0. The lowest BCUT2D eigenvalue weighted by molar-refractivity contribution is -0.148. The van der Waals surface area contributed by atoms with Crippen molar-refractivity contribution in [3.63, 3.8) is 0 Å². The molecule has 0 N–H and O–H groups in total. The average Bonchev–Trinajstić information content (AvgIpc) is 2.61. The predicted octanol–water partition coefficient (Wildman–Crippen LogP) is 0.725. The van der Waals surface area contributed by atoms with Crippen molar-refractivity contribution in [2.45, 2.75) is 38.1 Å². The van der Waals surface area contributed by atoms with E-state index in [1.807, 2.05) is 0 Å². The van der Waals surface area contributed by atoms with E-state index in [0.717, 1.165) is 6.42 Å². The Balaban J connectivity index is 1.72. The first-order valence-corrected chi connectivity index (χ1v) is 4.58.